The molecule has 0 aliphatic rings. The molecule has 0 amide bonds. The summed E-state index contributed by atoms with van der Waals surface area (Å²) in [7, 11) is 0. The van der Waals surface area contributed by atoms with Gasteiger partial charge in [0.05, 0.1) is 5.69 Å². The molecule has 0 saturated carbocycles. The Morgan fingerprint density at radius 1 is 1.22 bits per heavy atom. The molecule has 1 heterocycles. The minimum atomic E-state index is -1.08. The number of halogens is 3. The highest BCUT2D eigenvalue weighted by molar-refractivity contribution is 9.10. The van der Waals surface area contributed by atoms with Crippen molar-refractivity contribution in [2.75, 3.05) is 0 Å². The summed E-state index contributed by atoms with van der Waals surface area (Å²) in [5.41, 5.74) is 5.93. The van der Waals surface area contributed by atoms with Gasteiger partial charge in [-0.25, -0.2) is 4.39 Å². The van der Waals surface area contributed by atoms with Gasteiger partial charge in [-0.1, -0.05) is 15.9 Å². The number of hydrogen-bond acceptors (Lipinski definition) is 4. The maximum atomic E-state index is 13.4. The van der Waals surface area contributed by atoms with Crippen LogP contribution in [-0.2, 0) is 6.54 Å². The Morgan fingerprint density at radius 2 is 2.00 bits per heavy atom. The third kappa shape index (κ3) is 2.80. The van der Waals surface area contributed by atoms with Crippen LogP contribution in [0.25, 0.3) is 0 Å². The number of benzene rings is 1. The zero-order valence-corrected chi connectivity index (χ0v) is 10.6. The molecule has 0 saturated heterocycles. The van der Waals surface area contributed by atoms with Crippen LogP contribution in [0.3, 0.4) is 0 Å². The third-order valence-corrected chi connectivity index (χ3v) is 2.54. The molecule has 0 aliphatic carbocycles. The van der Waals surface area contributed by atoms with Crippen LogP contribution < -0.4 is 10.5 Å². The first-order chi connectivity index (χ1) is 8.60. The van der Waals surface area contributed by atoms with Crippen LogP contribution in [0, 0.1) is 11.6 Å². The van der Waals surface area contributed by atoms with E-state index in [4.69, 9.17) is 10.5 Å². The first kappa shape index (κ1) is 12.8. The molecule has 18 heavy (non-hydrogen) atoms. The molecule has 0 radical (unpaired) electrons. The molecule has 0 atom stereocenters. The van der Waals surface area contributed by atoms with Crippen molar-refractivity contribution < 1.29 is 13.5 Å². The number of nitrogens with zero attached hydrogens (tertiary/aromatic N) is 2. The number of ether oxygens (including phenoxy) is 1. The maximum absolute atomic E-state index is 13.4. The predicted octanol–water partition coefficient (Wildman–Crippen LogP) is 2.77. The fourth-order valence-corrected chi connectivity index (χ4v) is 1.64. The van der Waals surface area contributed by atoms with E-state index in [0.717, 1.165) is 6.07 Å². The monoisotopic (exact) mass is 315 g/mol. The minimum absolute atomic E-state index is 0.0589. The molecule has 7 heteroatoms. The molecule has 94 valence electrons. The summed E-state index contributed by atoms with van der Waals surface area (Å²) in [6, 6.07) is 5.38. The maximum Gasteiger partial charge on any atom is 0.239 e. The van der Waals surface area contributed by atoms with E-state index in [2.05, 4.69) is 26.1 Å². The molecule has 2 aromatic rings. The van der Waals surface area contributed by atoms with Gasteiger partial charge in [0, 0.05) is 17.1 Å². The molecule has 2 N–H and O–H groups in total. The van der Waals surface area contributed by atoms with Gasteiger partial charge in [-0.15, -0.1) is 5.10 Å². The van der Waals surface area contributed by atoms with E-state index in [-0.39, 0.29) is 18.2 Å². The summed E-state index contributed by atoms with van der Waals surface area (Å²) in [5.74, 6) is -2.30. The fourth-order valence-electron chi connectivity index (χ4n) is 1.23. The molecular formula is C11H8BrF2N3O. The number of rotatable bonds is 3. The van der Waals surface area contributed by atoms with Crippen LogP contribution in [0.15, 0.2) is 28.7 Å². The molecule has 1 aromatic heterocycles. The number of hydrogen-bond donors (Lipinski definition) is 1. The molecule has 1 aromatic carbocycles. The molecule has 0 fully saturated rings. The molecule has 0 bridgehead atoms. The smallest absolute Gasteiger partial charge is 0.239 e. The van der Waals surface area contributed by atoms with Gasteiger partial charge in [0.25, 0.3) is 0 Å². The lowest BCUT2D eigenvalue weighted by Gasteiger charge is -2.06. The lowest BCUT2D eigenvalue weighted by molar-refractivity contribution is 0.400. The quantitative estimate of drug-likeness (QED) is 0.885. The van der Waals surface area contributed by atoms with Crippen LogP contribution in [-0.4, -0.2) is 10.2 Å². The van der Waals surface area contributed by atoms with E-state index in [1.54, 1.807) is 6.07 Å². The highest BCUT2D eigenvalue weighted by Crippen LogP contribution is 2.28. The van der Waals surface area contributed by atoms with E-state index in [9.17, 15) is 8.78 Å². The molecule has 4 nitrogen and oxygen atoms in total. The largest absolute Gasteiger partial charge is 0.434 e. The van der Waals surface area contributed by atoms with Gasteiger partial charge in [0.1, 0.15) is 0 Å². The van der Waals surface area contributed by atoms with E-state index >= 15 is 0 Å². The minimum Gasteiger partial charge on any atom is -0.434 e. The van der Waals surface area contributed by atoms with Gasteiger partial charge in [0.2, 0.25) is 11.7 Å². The van der Waals surface area contributed by atoms with Crippen molar-refractivity contribution in [3.8, 4) is 11.6 Å². The summed E-state index contributed by atoms with van der Waals surface area (Å²) < 4.78 is 32.0. The van der Waals surface area contributed by atoms with Crippen LogP contribution in [0.2, 0.25) is 0 Å². The Kier molecular flexibility index (Phi) is 3.83. The Hall–Kier alpha value is -1.60. The van der Waals surface area contributed by atoms with Gasteiger partial charge >= 0.3 is 0 Å². The van der Waals surface area contributed by atoms with Crippen molar-refractivity contribution in [2.45, 2.75) is 6.54 Å². The number of nitrogens with two attached hydrogens (primary N) is 1. The first-order valence-corrected chi connectivity index (χ1v) is 5.74. The average molecular weight is 316 g/mol. The first-order valence-electron chi connectivity index (χ1n) is 4.95. The molecule has 2 rings (SSSR count). The summed E-state index contributed by atoms with van der Waals surface area (Å²) in [5, 5.41) is 7.43. The van der Waals surface area contributed by atoms with Gasteiger partial charge in [-0.05, 0) is 18.2 Å². The average Bonchev–Trinajstić information content (AvgIpc) is 2.36. The lowest BCUT2D eigenvalue weighted by Crippen LogP contribution is -2.02. The SMILES string of the molecule is NCc1ccc(Oc2cc(Br)cc(F)c2F)nn1. The predicted molar refractivity (Wildman–Crippen MR) is 64.1 cm³/mol. The van der Waals surface area contributed by atoms with E-state index in [1.165, 1.54) is 12.1 Å². The Bertz CT molecular complexity index is 563. The van der Waals surface area contributed by atoms with Crippen molar-refractivity contribution in [1.29, 1.82) is 0 Å². The Morgan fingerprint density at radius 3 is 2.61 bits per heavy atom. The van der Waals surface area contributed by atoms with E-state index in [0.29, 0.717) is 10.2 Å². The van der Waals surface area contributed by atoms with Crippen molar-refractivity contribution in [1.82, 2.24) is 10.2 Å². The topological polar surface area (TPSA) is 61.0 Å². The van der Waals surface area contributed by atoms with Crippen LogP contribution in [0.5, 0.6) is 11.6 Å². The van der Waals surface area contributed by atoms with Crippen LogP contribution in [0.4, 0.5) is 8.78 Å². The standard InChI is InChI=1S/C11H8BrF2N3O/c12-6-3-8(13)11(14)9(4-6)18-10-2-1-7(5-15)16-17-10/h1-4H,5,15H2. The fraction of sp³-hybridized carbons (Fsp3) is 0.0909. The van der Waals surface area contributed by atoms with E-state index < -0.39 is 11.6 Å². The van der Waals surface area contributed by atoms with Crippen molar-refractivity contribution in [3.63, 3.8) is 0 Å². The number of aromatic nitrogens is 2. The third-order valence-electron chi connectivity index (χ3n) is 2.08. The molecular weight excluding hydrogens is 308 g/mol. The zero-order chi connectivity index (χ0) is 13.1. The van der Waals surface area contributed by atoms with Crippen molar-refractivity contribution >= 4 is 15.9 Å². The van der Waals surface area contributed by atoms with E-state index in [1.807, 2.05) is 0 Å². The second-order valence-electron chi connectivity index (χ2n) is 3.37. The molecule has 0 unspecified atom stereocenters. The summed E-state index contributed by atoms with van der Waals surface area (Å²) in [4.78, 5) is 0. The zero-order valence-electron chi connectivity index (χ0n) is 9.03. The molecule has 0 spiro atoms. The van der Waals surface area contributed by atoms with Gasteiger partial charge in [0.15, 0.2) is 11.6 Å². The van der Waals surface area contributed by atoms with Gasteiger partial charge < -0.3 is 10.5 Å². The second-order valence-corrected chi connectivity index (χ2v) is 4.28. The summed E-state index contributed by atoms with van der Waals surface area (Å²) in [6.45, 7) is 0.243. The lowest BCUT2D eigenvalue weighted by atomic mass is 10.3. The van der Waals surface area contributed by atoms with Gasteiger partial charge in [-0.3, -0.25) is 0 Å². The van der Waals surface area contributed by atoms with Crippen LogP contribution in [0.1, 0.15) is 5.69 Å². The van der Waals surface area contributed by atoms with Crippen molar-refractivity contribution in [2.24, 2.45) is 5.73 Å². The highest BCUT2D eigenvalue weighted by atomic mass is 79.9. The summed E-state index contributed by atoms with van der Waals surface area (Å²) >= 11 is 3.04. The normalized spacial score (nSPS) is 10.4. The van der Waals surface area contributed by atoms with Crippen molar-refractivity contribution in [3.05, 3.63) is 46.1 Å². The van der Waals surface area contributed by atoms with Crippen LogP contribution >= 0.6 is 15.9 Å². The second kappa shape index (κ2) is 5.36. The highest BCUT2D eigenvalue weighted by Gasteiger charge is 2.12. The molecule has 0 aliphatic heterocycles. The summed E-state index contributed by atoms with van der Waals surface area (Å²) in [6.07, 6.45) is 0. The van der Waals surface area contributed by atoms with Gasteiger partial charge in [-0.2, -0.15) is 9.49 Å². The Balaban J connectivity index is 2.27. The Labute approximate surface area is 110 Å².